The molecule has 2 heterocycles. The smallest absolute Gasteiger partial charge is 0.406 e. The highest BCUT2D eigenvalue weighted by atomic mass is 32.2. The van der Waals surface area contributed by atoms with Crippen LogP contribution in [0.2, 0.25) is 0 Å². The average Bonchev–Trinajstić information content (AvgIpc) is 3.47. The Hall–Kier alpha value is -4.32. The van der Waals surface area contributed by atoms with E-state index in [9.17, 15) is 18.0 Å². The van der Waals surface area contributed by atoms with E-state index < -0.39 is 12.4 Å². The second-order valence-corrected chi connectivity index (χ2v) is 10.2. The van der Waals surface area contributed by atoms with E-state index in [-0.39, 0.29) is 5.75 Å². The largest absolute Gasteiger partial charge is 0.573 e. The van der Waals surface area contributed by atoms with Gasteiger partial charge in [0.05, 0.1) is 5.69 Å². The van der Waals surface area contributed by atoms with Gasteiger partial charge in [0, 0.05) is 30.1 Å². The minimum Gasteiger partial charge on any atom is -0.406 e. The summed E-state index contributed by atoms with van der Waals surface area (Å²) in [7, 11) is 0. The van der Waals surface area contributed by atoms with Crippen molar-refractivity contribution in [3.8, 4) is 22.8 Å². The average molecular weight is 581 g/mol. The summed E-state index contributed by atoms with van der Waals surface area (Å²) in [4.78, 5) is 23.5. The first kappa shape index (κ1) is 28.2. The van der Waals surface area contributed by atoms with Crippen LogP contribution in [0.4, 0.5) is 23.7 Å². The van der Waals surface area contributed by atoms with Crippen molar-refractivity contribution in [3.63, 3.8) is 0 Å². The molecule has 1 saturated heterocycles. The van der Waals surface area contributed by atoms with E-state index >= 15 is 0 Å². The second kappa shape index (κ2) is 12.5. The molecule has 1 aliphatic rings. The Labute approximate surface area is 239 Å². The maximum absolute atomic E-state index is 12.7. The molecule has 1 aromatic heterocycles. The van der Waals surface area contributed by atoms with Crippen molar-refractivity contribution in [2.75, 3.05) is 17.2 Å². The van der Waals surface area contributed by atoms with Crippen LogP contribution >= 0.6 is 11.8 Å². The van der Waals surface area contributed by atoms with Crippen molar-refractivity contribution in [2.24, 2.45) is 4.99 Å². The third-order valence-corrected chi connectivity index (χ3v) is 7.39. The monoisotopic (exact) mass is 580 g/mol. The van der Waals surface area contributed by atoms with Gasteiger partial charge in [-0.2, -0.15) is 4.99 Å². The quantitative estimate of drug-likeness (QED) is 0.265. The highest BCUT2D eigenvalue weighted by molar-refractivity contribution is 8.14. The number of aryl methyl sites for hydroxylation is 1. The first-order valence-electron chi connectivity index (χ1n) is 13.0. The van der Waals surface area contributed by atoms with Gasteiger partial charge in [-0.05, 0) is 54.3 Å². The number of hydrogen-bond acceptors (Lipinski definition) is 5. The predicted octanol–water partition coefficient (Wildman–Crippen LogP) is 6.60. The summed E-state index contributed by atoms with van der Waals surface area (Å²) in [5.74, 6) is 1.05. The van der Waals surface area contributed by atoms with E-state index in [0.717, 1.165) is 42.0 Å². The number of rotatable bonds is 7. The summed E-state index contributed by atoms with van der Waals surface area (Å²) >= 11 is 1.59. The maximum Gasteiger partial charge on any atom is 0.573 e. The number of aromatic nitrogens is 3. The van der Waals surface area contributed by atoms with Gasteiger partial charge in [-0.1, -0.05) is 61.2 Å². The maximum atomic E-state index is 12.7. The van der Waals surface area contributed by atoms with Gasteiger partial charge in [-0.25, -0.2) is 14.5 Å². The van der Waals surface area contributed by atoms with Crippen molar-refractivity contribution >= 4 is 28.6 Å². The fourth-order valence-electron chi connectivity index (χ4n) is 4.34. The molecular formula is C29H27F3N6O2S. The van der Waals surface area contributed by atoms with Gasteiger partial charge in [0.25, 0.3) is 0 Å². The molecule has 8 nitrogen and oxygen atoms in total. The van der Waals surface area contributed by atoms with Crippen LogP contribution in [0.3, 0.4) is 0 Å². The van der Waals surface area contributed by atoms with E-state index in [1.54, 1.807) is 11.8 Å². The molecule has 0 radical (unpaired) electrons. The zero-order chi connectivity index (χ0) is 28.8. The summed E-state index contributed by atoms with van der Waals surface area (Å²) in [6.45, 7) is 3.24. The summed E-state index contributed by atoms with van der Waals surface area (Å²) in [5.41, 5.74) is 4.47. The number of nitrogens with zero attached hydrogens (tertiary/aromatic N) is 5. The Morgan fingerprint density at radius 1 is 1.07 bits per heavy atom. The van der Waals surface area contributed by atoms with Crippen molar-refractivity contribution < 1.29 is 22.7 Å². The van der Waals surface area contributed by atoms with Crippen molar-refractivity contribution in [2.45, 2.75) is 32.7 Å². The molecule has 0 spiro atoms. The lowest BCUT2D eigenvalue weighted by molar-refractivity contribution is -0.274. The first-order chi connectivity index (χ1) is 19.8. The number of urea groups is 1. The van der Waals surface area contributed by atoms with E-state index in [2.05, 4.69) is 49.1 Å². The summed E-state index contributed by atoms with van der Waals surface area (Å²) in [5, 5.41) is 7.99. The fraction of sp³-hybridized carbons (Fsp3) is 0.241. The zero-order valence-corrected chi connectivity index (χ0v) is 23.0. The van der Waals surface area contributed by atoms with Gasteiger partial charge < -0.3 is 15.0 Å². The summed E-state index contributed by atoms with van der Waals surface area (Å²) in [6.07, 6.45) is -1.35. The number of carbonyl (C=O) groups excluding carboxylic acids is 1. The summed E-state index contributed by atoms with van der Waals surface area (Å²) < 4.78 is 42.5. The standard InChI is InChI=1S/C29H27F3N6O2S/c1-2-21-6-3-4-7-25(21)37-16-5-17-41-28(37)35-27(39)33-18-20-8-10-22(11-9-20)26-34-19-38(36-26)23-12-14-24(15-13-23)40-29(30,31)32/h3-4,6-15,19H,2,5,16-18H2,1H3,(H,33,39)/b35-28-. The molecule has 2 amide bonds. The summed E-state index contributed by atoms with van der Waals surface area (Å²) in [6, 6.07) is 20.6. The molecule has 41 heavy (non-hydrogen) atoms. The molecule has 5 rings (SSSR count). The van der Waals surface area contributed by atoms with Gasteiger partial charge >= 0.3 is 12.4 Å². The van der Waals surface area contributed by atoms with E-state index in [4.69, 9.17) is 0 Å². The molecule has 1 N–H and O–H groups in total. The number of carbonyl (C=O) groups is 1. The Morgan fingerprint density at radius 3 is 2.56 bits per heavy atom. The Morgan fingerprint density at radius 2 is 1.83 bits per heavy atom. The van der Waals surface area contributed by atoms with Gasteiger partial charge in [0.1, 0.15) is 12.1 Å². The molecule has 12 heteroatoms. The SMILES string of the molecule is CCc1ccccc1N1CCCS/C1=N\C(=O)NCc1ccc(-c2ncn(-c3ccc(OC(F)(F)F)cc3)n2)cc1. The number of amidine groups is 1. The van der Waals surface area contributed by atoms with Crippen LogP contribution in [0.5, 0.6) is 5.75 Å². The fourth-order valence-corrected chi connectivity index (χ4v) is 5.29. The molecule has 0 saturated carbocycles. The van der Waals surface area contributed by atoms with E-state index in [0.29, 0.717) is 23.2 Å². The van der Waals surface area contributed by atoms with E-state index in [1.807, 2.05) is 36.4 Å². The number of nitrogens with one attached hydrogen (secondary N) is 1. The van der Waals surface area contributed by atoms with Crippen LogP contribution in [0.25, 0.3) is 17.1 Å². The number of aliphatic imine (C=N–C) groups is 1. The van der Waals surface area contributed by atoms with Gasteiger partial charge in [0.2, 0.25) is 0 Å². The Kier molecular flexibility index (Phi) is 8.58. The number of para-hydroxylation sites is 1. The molecule has 1 fully saturated rings. The molecule has 4 aromatic rings. The van der Waals surface area contributed by atoms with Crippen LogP contribution in [-0.2, 0) is 13.0 Å². The third-order valence-electron chi connectivity index (χ3n) is 6.33. The number of hydrogen-bond donors (Lipinski definition) is 1. The number of ether oxygens (including phenoxy) is 1. The highest BCUT2D eigenvalue weighted by Gasteiger charge is 2.31. The zero-order valence-electron chi connectivity index (χ0n) is 22.1. The molecule has 0 aliphatic carbocycles. The van der Waals surface area contributed by atoms with Crippen LogP contribution < -0.4 is 15.0 Å². The molecule has 0 unspecified atom stereocenters. The lowest BCUT2D eigenvalue weighted by Crippen LogP contribution is -2.36. The van der Waals surface area contributed by atoms with E-state index in [1.165, 1.54) is 40.8 Å². The number of amides is 2. The lowest BCUT2D eigenvalue weighted by atomic mass is 10.1. The lowest BCUT2D eigenvalue weighted by Gasteiger charge is -2.31. The van der Waals surface area contributed by atoms with Gasteiger partial charge in [-0.15, -0.1) is 18.3 Å². The third kappa shape index (κ3) is 7.26. The van der Waals surface area contributed by atoms with Crippen LogP contribution in [0, 0.1) is 0 Å². The Bertz CT molecular complexity index is 1520. The number of benzene rings is 3. The Balaban J connectivity index is 1.20. The molecule has 0 atom stereocenters. The minimum atomic E-state index is -4.75. The van der Waals surface area contributed by atoms with Gasteiger partial charge in [0.15, 0.2) is 11.0 Å². The van der Waals surface area contributed by atoms with Crippen molar-refractivity contribution in [3.05, 3.63) is 90.3 Å². The van der Waals surface area contributed by atoms with Crippen molar-refractivity contribution in [1.82, 2.24) is 20.1 Å². The second-order valence-electron chi connectivity index (χ2n) is 9.14. The molecule has 1 aliphatic heterocycles. The normalized spacial score (nSPS) is 14.7. The van der Waals surface area contributed by atoms with Gasteiger partial charge in [-0.3, -0.25) is 0 Å². The number of alkyl halides is 3. The number of halogens is 3. The first-order valence-corrected chi connectivity index (χ1v) is 14.0. The highest BCUT2D eigenvalue weighted by Crippen LogP contribution is 2.28. The topological polar surface area (TPSA) is 84.6 Å². The van der Waals surface area contributed by atoms with Crippen LogP contribution in [0.15, 0.2) is 84.1 Å². The number of anilines is 1. The predicted molar refractivity (Wildman–Crippen MR) is 153 cm³/mol. The molecule has 212 valence electrons. The number of thioether (sulfide) groups is 1. The molecular weight excluding hydrogens is 553 g/mol. The molecule has 0 bridgehead atoms. The minimum absolute atomic E-state index is 0.306. The molecule has 3 aromatic carbocycles. The van der Waals surface area contributed by atoms with Crippen LogP contribution in [-0.4, -0.2) is 44.6 Å². The van der Waals surface area contributed by atoms with Crippen LogP contribution in [0.1, 0.15) is 24.5 Å². The van der Waals surface area contributed by atoms with Crippen molar-refractivity contribution in [1.29, 1.82) is 0 Å².